The lowest BCUT2D eigenvalue weighted by Crippen LogP contribution is -2.42. The van der Waals surface area contributed by atoms with Crippen LogP contribution in [0, 0.1) is 11.8 Å². The van der Waals surface area contributed by atoms with Crippen LogP contribution in [0.15, 0.2) is 36.7 Å². The third-order valence-electron chi connectivity index (χ3n) is 8.60. The van der Waals surface area contributed by atoms with Crippen LogP contribution in [0.1, 0.15) is 52.9 Å². The number of anilines is 1. The molecule has 3 aromatic rings. The van der Waals surface area contributed by atoms with Crippen LogP contribution in [0.4, 0.5) is 10.5 Å². The number of methoxy groups -OCH3 is 2. The van der Waals surface area contributed by atoms with Crippen LogP contribution in [0.25, 0.3) is 16.9 Å². The monoisotopic (exact) mass is 611 g/mol. The van der Waals surface area contributed by atoms with Gasteiger partial charge in [-0.15, -0.1) is 0 Å². The number of carbonyl (C=O) groups excluding carboxylic acids is 1. The Labute approximate surface area is 260 Å². The number of hydrogen-bond acceptors (Lipinski definition) is 7. The molecular weight excluding hydrogens is 566 g/mol. The molecule has 2 aromatic heterocycles. The van der Waals surface area contributed by atoms with Gasteiger partial charge in [-0.25, -0.2) is 9.78 Å². The van der Waals surface area contributed by atoms with Crippen LogP contribution in [0.5, 0.6) is 11.5 Å². The van der Waals surface area contributed by atoms with E-state index in [4.69, 9.17) is 30.8 Å². The predicted octanol–water partition coefficient (Wildman–Crippen LogP) is 6.52. The molecule has 9 nitrogen and oxygen atoms in total. The molecule has 43 heavy (non-hydrogen) atoms. The Balaban J connectivity index is 1.06. The number of ether oxygens (including phenoxy) is 3. The van der Waals surface area contributed by atoms with Crippen molar-refractivity contribution in [2.75, 3.05) is 58.4 Å². The number of carbonyl (C=O) groups is 1. The number of amides is 1. The predicted molar refractivity (Wildman–Crippen MR) is 172 cm³/mol. The van der Waals surface area contributed by atoms with Crippen molar-refractivity contribution >= 4 is 29.0 Å². The SMILES string of the molecule is COc1cc(OC)c(-c2cn3ccc(N4CCC(CNCCC5CCN(C(=O)OC(C)(C)C)CC5)CC4)cc3n2)cc1Cl. The fraction of sp³-hybridized carbons (Fsp3) is 0.576. The number of likely N-dealkylation sites (tertiary alicyclic amines) is 1. The second-order valence-corrected chi connectivity index (χ2v) is 13.2. The highest BCUT2D eigenvalue weighted by atomic mass is 35.5. The maximum atomic E-state index is 12.3. The average Bonchev–Trinajstić information content (AvgIpc) is 3.42. The summed E-state index contributed by atoms with van der Waals surface area (Å²) in [4.78, 5) is 21.5. The quantitative estimate of drug-likeness (QED) is 0.276. The first kappa shape index (κ1) is 31.3. The van der Waals surface area contributed by atoms with Gasteiger partial charge in [0.25, 0.3) is 0 Å². The molecule has 2 aliphatic heterocycles. The smallest absolute Gasteiger partial charge is 0.410 e. The molecule has 2 saturated heterocycles. The molecule has 0 spiro atoms. The second-order valence-electron chi connectivity index (χ2n) is 12.8. The molecule has 4 heterocycles. The van der Waals surface area contributed by atoms with Gasteiger partial charge in [0.15, 0.2) is 0 Å². The van der Waals surface area contributed by atoms with E-state index in [1.165, 1.54) is 24.9 Å². The van der Waals surface area contributed by atoms with E-state index in [2.05, 4.69) is 28.5 Å². The van der Waals surface area contributed by atoms with E-state index in [0.717, 1.165) is 69.0 Å². The average molecular weight is 612 g/mol. The van der Waals surface area contributed by atoms with Crippen LogP contribution in [-0.2, 0) is 4.74 Å². The summed E-state index contributed by atoms with van der Waals surface area (Å²) in [7, 11) is 3.23. The molecule has 0 bridgehead atoms. The van der Waals surface area contributed by atoms with Crippen molar-refractivity contribution in [3.63, 3.8) is 0 Å². The Bertz CT molecular complexity index is 1390. The molecule has 0 radical (unpaired) electrons. The van der Waals surface area contributed by atoms with Crippen LogP contribution in [-0.4, -0.2) is 79.5 Å². The maximum Gasteiger partial charge on any atom is 0.410 e. The van der Waals surface area contributed by atoms with Crippen molar-refractivity contribution in [3.05, 3.63) is 41.7 Å². The zero-order valence-electron chi connectivity index (χ0n) is 26.2. The number of aromatic nitrogens is 2. The van der Waals surface area contributed by atoms with Crippen molar-refractivity contribution in [3.8, 4) is 22.8 Å². The van der Waals surface area contributed by atoms with E-state index in [1.54, 1.807) is 20.3 Å². The molecule has 1 N–H and O–H groups in total. The molecule has 1 aromatic carbocycles. The minimum atomic E-state index is -0.436. The number of hydrogen-bond donors (Lipinski definition) is 1. The number of nitrogens with zero attached hydrogens (tertiary/aromatic N) is 4. The number of halogens is 1. The first-order valence-electron chi connectivity index (χ1n) is 15.5. The lowest BCUT2D eigenvalue weighted by atomic mass is 9.93. The molecule has 10 heteroatoms. The first-order chi connectivity index (χ1) is 20.6. The zero-order chi connectivity index (χ0) is 30.6. The molecule has 2 aliphatic rings. The Kier molecular flexibility index (Phi) is 9.92. The Morgan fingerprint density at radius 2 is 1.70 bits per heavy atom. The normalized spacial score (nSPS) is 17.0. The number of benzene rings is 1. The Hall–Kier alpha value is -3.17. The largest absolute Gasteiger partial charge is 0.496 e. The molecular formula is C33H46ClN5O4. The summed E-state index contributed by atoms with van der Waals surface area (Å²) in [5.41, 5.74) is 3.29. The number of pyridine rings is 1. The minimum Gasteiger partial charge on any atom is -0.496 e. The van der Waals surface area contributed by atoms with E-state index in [0.29, 0.717) is 28.4 Å². The number of nitrogens with one attached hydrogen (secondary N) is 1. The standard InChI is InChI=1S/C33H46ClN5O4/c1-33(2,3)43-32(40)38-15-7-23(8-16-38)6-12-35-21-24-9-13-37(14-10-24)25-11-17-39-22-28(36-31(39)18-25)26-19-27(34)30(42-5)20-29(26)41-4/h11,17-20,22-24,35H,6-10,12-16,21H2,1-5H3. The fourth-order valence-electron chi connectivity index (χ4n) is 6.10. The first-order valence-corrected chi connectivity index (χ1v) is 15.9. The van der Waals surface area contributed by atoms with Crippen molar-refractivity contribution in [2.24, 2.45) is 11.8 Å². The van der Waals surface area contributed by atoms with Gasteiger partial charge in [-0.3, -0.25) is 0 Å². The van der Waals surface area contributed by atoms with Crippen LogP contribution in [0.3, 0.4) is 0 Å². The number of rotatable bonds is 9. The number of piperidine rings is 2. The van der Waals surface area contributed by atoms with Crippen LogP contribution >= 0.6 is 11.6 Å². The van der Waals surface area contributed by atoms with Gasteiger partial charge in [0.1, 0.15) is 22.7 Å². The fourth-order valence-corrected chi connectivity index (χ4v) is 6.34. The summed E-state index contributed by atoms with van der Waals surface area (Å²) in [6, 6.07) is 7.97. The van der Waals surface area contributed by atoms with Gasteiger partial charge >= 0.3 is 6.09 Å². The van der Waals surface area contributed by atoms with E-state index in [9.17, 15) is 4.79 Å². The van der Waals surface area contributed by atoms with Gasteiger partial charge in [0.2, 0.25) is 0 Å². The summed E-state index contributed by atoms with van der Waals surface area (Å²) in [6.45, 7) is 11.6. The van der Waals surface area contributed by atoms with Crippen LogP contribution in [0.2, 0.25) is 5.02 Å². The topological polar surface area (TPSA) is 80.6 Å². The molecule has 0 aliphatic carbocycles. The molecule has 0 atom stereocenters. The van der Waals surface area contributed by atoms with Gasteiger partial charge in [-0.1, -0.05) is 11.6 Å². The maximum absolute atomic E-state index is 12.3. The molecule has 2 fully saturated rings. The van der Waals surface area contributed by atoms with Gasteiger partial charge in [0, 0.05) is 62.0 Å². The van der Waals surface area contributed by atoms with Gasteiger partial charge in [-0.05, 0) is 89.9 Å². The lowest BCUT2D eigenvalue weighted by Gasteiger charge is -2.34. The summed E-state index contributed by atoms with van der Waals surface area (Å²) in [6.07, 6.45) is 9.53. The molecule has 0 unspecified atom stereocenters. The molecule has 234 valence electrons. The second kappa shape index (κ2) is 13.6. The number of fused-ring (bicyclic) bond motifs is 1. The van der Waals surface area contributed by atoms with E-state index in [-0.39, 0.29) is 6.09 Å². The Morgan fingerprint density at radius 3 is 2.37 bits per heavy atom. The lowest BCUT2D eigenvalue weighted by molar-refractivity contribution is 0.0181. The van der Waals surface area contributed by atoms with Crippen molar-refractivity contribution < 1.29 is 19.0 Å². The highest BCUT2D eigenvalue weighted by Gasteiger charge is 2.27. The van der Waals surface area contributed by atoms with Crippen molar-refractivity contribution in [1.29, 1.82) is 0 Å². The van der Waals surface area contributed by atoms with E-state index >= 15 is 0 Å². The van der Waals surface area contributed by atoms with Gasteiger partial charge in [-0.2, -0.15) is 0 Å². The summed E-state index contributed by atoms with van der Waals surface area (Å²) in [5.74, 6) is 2.61. The summed E-state index contributed by atoms with van der Waals surface area (Å²) >= 11 is 6.41. The van der Waals surface area contributed by atoms with E-state index in [1.807, 2.05) is 42.3 Å². The van der Waals surface area contributed by atoms with Crippen LogP contribution < -0.4 is 19.7 Å². The van der Waals surface area contributed by atoms with E-state index < -0.39 is 5.60 Å². The minimum absolute atomic E-state index is 0.176. The summed E-state index contributed by atoms with van der Waals surface area (Å²) in [5, 5.41) is 4.24. The zero-order valence-corrected chi connectivity index (χ0v) is 27.0. The number of imidazole rings is 1. The highest BCUT2D eigenvalue weighted by molar-refractivity contribution is 6.32. The van der Waals surface area contributed by atoms with Gasteiger partial charge in [0.05, 0.1) is 24.9 Å². The van der Waals surface area contributed by atoms with Gasteiger partial charge < -0.3 is 33.7 Å². The molecule has 0 saturated carbocycles. The Morgan fingerprint density at radius 1 is 1.00 bits per heavy atom. The molecule has 5 rings (SSSR count). The third kappa shape index (κ3) is 7.87. The summed E-state index contributed by atoms with van der Waals surface area (Å²) < 4.78 is 18.5. The van der Waals surface area contributed by atoms with Crippen molar-refractivity contribution in [2.45, 2.75) is 58.5 Å². The third-order valence-corrected chi connectivity index (χ3v) is 8.90. The van der Waals surface area contributed by atoms with Crippen molar-refractivity contribution in [1.82, 2.24) is 19.6 Å². The highest BCUT2D eigenvalue weighted by Crippen LogP contribution is 2.38. The molecule has 1 amide bonds.